The Morgan fingerprint density at radius 1 is 1.28 bits per heavy atom. The molecule has 2 atom stereocenters. The second-order valence-corrected chi connectivity index (χ2v) is 7.26. The summed E-state index contributed by atoms with van der Waals surface area (Å²) in [5.74, 6) is 0.563. The zero-order chi connectivity index (χ0) is 13.3. The second kappa shape index (κ2) is 5.37. The number of sulfonamides is 1. The lowest BCUT2D eigenvalue weighted by Gasteiger charge is -2.14. The molecule has 1 aromatic carbocycles. The lowest BCUT2D eigenvalue weighted by Crippen LogP contribution is -2.33. The normalized spacial score (nSPS) is 24.4. The van der Waals surface area contributed by atoms with Gasteiger partial charge in [0.05, 0.1) is 10.0 Å². The Morgan fingerprint density at radius 2 is 2.00 bits per heavy atom. The molecule has 2 rings (SSSR count). The molecule has 2 unspecified atom stereocenters. The van der Waals surface area contributed by atoms with Crippen molar-refractivity contribution >= 4 is 33.2 Å². The number of benzene rings is 1. The van der Waals surface area contributed by atoms with Gasteiger partial charge < -0.3 is 0 Å². The maximum Gasteiger partial charge on any atom is 0.242 e. The molecule has 0 amide bonds. The number of halogens is 2. The fraction of sp³-hybridized carbons (Fsp3) is 0.500. The van der Waals surface area contributed by atoms with E-state index in [2.05, 4.69) is 11.6 Å². The van der Waals surface area contributed by atoms with E-state index in [1.807, 2.05) is 0 Å². The van der Waals surface area contributed by atoms with E-state index < -0.39 is 10.0 Å². The molecular formula is C12H15Cl2NO2S. The highest BCUT2D eigenvalue weighted by Crippen LogP contribution is 2.31. The summed E-state index contributed by atoms with van der Waals surface area (Å²) in [5, 5.41) is 0.331. The first-order valence-corrected chi connectivity index (χ1v) is 8.10. The number of nitrogens with one attached hydrogen (secondary N) is 1. The summed E-state index contributed by atoms with van der Waals surface area (Å²) in [6.45, 7) is 2.13. The summed E-state index contributed by atoms with van der Waals surface area (Å²) < 4.78 is 27.1. The number of hydrogen-bond acceptors (Lipinski definition) is 2. The zero-order valence-electron chi connectivity index (χ0n) is 9.99. The van der Waals surface area contributed by atoms with Crippen LogP contribution in [-0.4, -0.2) is 14.5 Å². The minimum Gasteiger partial charge on any atom is -0.208 e. The summed E-state index contributed by atoms with van der Waals surface area (Å²) in [4.78, 5) is 0.0521. The molecule has 0 heterocycles. The molecule has 6 heteroatoms. The molecule has 18 heavy (non-hydrogen) atoms. The third kappa shape index (κ3) is 2.99. The summed E-state index contributed by atoms with van der Waals surface area (Å²) in [7, 11) is -3.59. The van der Waals surface area contributed by atoms with Gasteiger partial charge in [-0.2, -0.15) is 0 Å². The third-order valence-electron chi connectivity index (χ3n) is 3.22. The van der Waals surface area contributed by atoms with E-state index in [1.165, 1.54) is 6.07 Å². The maximum atomic E-state index is 12.2. The van der Waals surface area contributed by atoms with Crippen molar-refractivity contribution in [3.8, 4) is 0 Å². The van der Waals surface area contributed by atoms with Crippen LogP contribution in [0.25, 0.3) is 0 Å². The van der Waals surface area contributed by atoms with Crippen molar-refractivity contribution in [2.75, 3.05) is 0 Å². The Morgan fingerprint density at radius 3 is 2.61 bits per heavy atom. The highest BCUT2D eigenvalue weighted by molar-refractivity contribution is 7.89. The number of rotatable bonds is 3. The predicted molar refractivity (Wildman–Crippen MR) is 73.6 cm³/mol. The maximum absolute atomic E-state index is 12.2. The SMILES string of the molecule is CC1CCC(NS(=O)(=O)c2cccc(Cl)c2Cl)C1. The van der Waals surface area contributed by atoms with Crippen molar-refractivity contribution in [1.82, 2.24) is 4.72 Å². The molecule has 0 aliphatic heterocycles. The first-order chi connectivity index (χ1) is 8.40. The van der Waals surface area contributed by atoms with Gasteiger partial charge in [-0.05, 0) is 37.3 Å². The standard InChI is InChI=1S/C12H15Cl2NO2S/c1-8-5-6-9(7-8)15-18(16,17)11-4-2-3-10(13)12(11)14/h2-4,8-9,15H,5-7H2,1H3. The lowest BCUT2D eigenvalue weighted by molar-refractivity contribution is 0.538. The highest BCUT2D eigenvalue weighted by Gasteiger charge is 2.28. The predicted octanol–water partition coefficient (Wildman–Crippen LogP) is 3.46. The average molecular weight is 308 g/mol. The van der Waals surface area contributed by atoms with E-state index in [0.717, 1.165) is 19.3 Å². The van der Waals surface area contributed by atoms with Gasteiger partial charge in [0.1, 0.15) is 4.90 Å². The Kier molecular flexibility index (Phi) is 4.22. The molecular weight excluding hydrogens is 293 g/mol. The number of hydrogen-bond donors (Lipinski definition) is 1. The molecule has 3 nitrogen and oxygen atoms in total. The fourth-order valence-electron chi connectivity index (χ4n) is 2.29. The Bertz CT molecular complexity index is 545. The Balaban J connectivity index is 2.23. The van der Waals surface area contributed by atoms with Gasteiger partial charge in [-0.3, -0.25) is 0 Å². The van der Waals surface area contributed by atoms with E-state index in [-0.39, 0.29) is 21.0 Å². The molecule has 0 aromatic heterocycles. The van der Waals surface area contributed by atoms with Gasteiger partial charge in [-0.1, -0.05) is 36.2 Å². The highest BCUT2D eigenvalue weighted by atomic mass is 35.5. The van der Waals surface area contributed by atoms with Crippen LogP contribution in [0, 0.1) is 5.92 Å². The van der Waals surface area contributed by atoms with Crippen molar-refractivity contribution in [2.45, 2.75) is 37.1 Å². The summed E-state index contributed by atoms with van der Waals surface area (Å²) in [6, 6.07) is 4.62. The minimum absolute atomic E-state index is 0.0000447. The van der Waals surface area contributed by atoms with Crippen LogP contribution in [0.4, 0.5) is 0 Å². The quantitative estimate of drug-likeness (QED) is 0.929. The van der Waals surface area contributed by atoms with Gasteiger partial charge in [0.2, 0.25) is 10.0 Å². The van der Waals surface area contributed by atoms with Gasteiger partial charge in [0.15, 0.2) is 0 Å². The molecule has 1 N–H and O–H groups in total. The molecule has 1 aliphatic rings. The lowest BCUT2D eigenvalue weighted by atomic mass is 10.1. The van der Waals surface area contributed by atoms with Crippen LogP contribution in [0.3, 0.4) is 0 Å². The summed E-state index contributed by atoms with van der Waals surface area (Å²) >= 11 is 11.8. The van der Waals surface area contributed by atoms with E-state index in [4.69, 9.17) is 23.2 Å². The first-order valence-electron chi connectivity index (χ1n) is 5.86. The minimum atomic E-state index is -3.59. The molecule has 0 radical (unpaired) electrons. The van der Waals surface area contributed by atoms with Crippen LogP contribution in [0.15, 0.2) is 23.1 Å². The summed E-state index contributed by atoms with van der Waals surface area (Å²) in [5.41, 5.74) is 0. The van der Waals surface area contributed by atoms with Gasteiger partial charge in [0.25, 0.3) is 0 Å². The molecule has 0 spiro atoms. The smallest absolute Gasteiger partial charge is 0.208 e. The van der Waals surface area contributed by atoms with Gasteiger partial charge in [0, 0.05) is 6.04 Å². The van der Waals surface area contributed by atoms with Crippen molar-refractivity contribution < 1.29 is 8.42 Å². The largest absolute Gasteiger partial charge is 0.242 e. The van der Waals surface area contributed by atoms with E-state index in [1.54, 1.807) is 12.1 Å². The van der Waals surface area contributed by atoms with Crippen LogP contribution >= 0.6 is 23.2 Å². The van der Waals surface area contributed by atoms with Gasteiger partial charge in [-0.25, -0.2) is 13.1 Å². The van der Waals surface area contributed by atoms with E-state index in [0.29, 0.717) is 5.92 Å². The van der Waals surface area contributed by atoms with Crippen LogP contribution in [0.5, 0.6) is 0 Å². The molecule has 1 saturated carbocycles. The third-order valence-corrected chi connectivity index (χ3v) is 5.72. The zero-order valence-corrected chi connectivity index (χ0v) is 12.3. The molecule has 1 fully saturated rings. The average Bonchev–Trinajstić information content (AvgIpc) is 2.67. The summed E-state index contributed by atoms with van der Waals surface area (Å²) in [6.07, 6.45) is 2.80. The molecule has 0 bridgehead atoms. The first kappa shape index (κ1) is 14.1. The van der Waals surface area contributed by atoms with Crippen LogP contribution in [0.2, 0.25) is 10.0 Å². The molecule has 1 aliphatic carbocycles. The Labute approximate surface area is 118 Å². The van der Waals surface area contributed by atoms with Gasteiger partial charge in [-0.15, -0.1) is 0 Å². The topological polar surface area (TPSA) is 46.2 Å². The monoisotopic (exact) mass is 307 g/mol. The van der Waals surface area contributed by atoms with Crippen LogP contribution in [-0.2, 0) is 10.0 Å². The van der Waals surface area contributed by atoms with Crippen molar-refractivity contribution in [3.05, 3.63) is 28.2 Å². The van der Waals surface area contributed by atoms with E-state index in [9.17, 15) is 8.42 Å². The van der Waals surface area contributed by atoms with Gasteiger partial charge >= 0.3 is 0 Å². The second-order valence-electron chi connectivity index (χ2n) is 4.79. The molecule has 1 aromatic rings. The van der Waals surface area contributed by atoms with Crippen molar-refractivity contribution in [2.24, 2.45) is 5.92 Å². The van der Waals surface area contributed by atoms with Crippen molar-refractivity contribution in [3.63, 3.8) is 0 Å². The van der Waals surface area contributed by atoms with Crippen molar-refractivity contribution in [1.29, 1.82) is 0 Å². The fourth-order valence-corrected chi connectivity index (χ4v) is 4.33. The van der Waals surface area contributed by atoms with Crippen LogP contribution in [0.1, 0.15) is 26.2 Å². The molecule has 0 saturated heterocycles. The molecule has 100 valence electrons. The van der Waals surface area contributed by atoms with Crippen LogP contribution < -0.4 is 4.72 Å². The Hall–Kier alpha value is -0.290. The van der Waals surface area contributed by atoms with E-state index >= 15 is 0 Å².